The number of amides is 1. The van der Waals surface area contributed by atoms with Gasteiger partial charge >= 0.3 is 0 Å². The molecule has 0 aliphatic heterocycles. The Morgan fingerprint density at radius 1 is 1.33 bits per heavy atom. The fourth-order valence-corrected chi connectivity index (χ4v) is 2.10. The van der Waals surface area contributed by atoms with Crippen LogP contribution in [0, 0.1) is 0 Å². The van der Waals surface area contributed by atoms with E-state index in [1.165, 1.54) is 7.11 Å². The Morgan fingerprint density at radius 2 is 2.05 bits per heavy atom. The SMILES string of the molecule is CCCCN(CCOC)C(=O)c1cc(Cl)c(N)cc1OC. The molecule has 0 aliphatic carbocycles. The zero-order valence-electron chi connectivity index (χ0n) is 12.8. The van der Waals surface area contributed by atoms with Gasteiger partial charge in [0.15, 0.2) is 0 Å². The van der Waals surface area contributed by atoms with E-state index in [0.29, 0.717) is 41.7 Å². The van der Waals surface area contributed by atoms with Crippen molar-refractivity contribution in [1.82, 2.24) is 4.90 Å². The third-order valence-electron chi connectivity index (χ3n) is 3.18. The summed E-state index contributed by atoms with van der Waals surface area (Å²) < 4.78 is 10.3. The highest BCUT2D eigenvalue weighted by molar-refractivity contribution is 6.33. The number of anilines is 1. The van der Waals surface area contributed by atoms with Gasteiger partial charge < -0.3 is 20.1 Å². The number of nitrogens with two attached hydrogens (primary N) is 1. The van der Waals surface area contributed by atoms with E-state index in [1.807, 2.05) is 0 Å². The lowest BCUT2D eigenvalue weighted by Gasteiger charge is -2.23. The second-order valence-corrected chi connectivity index (χ2v) is 5.12. The normalized spacial score (nSPS) is 10.5. The van der Waals surface area contributed by atoms with Crippen LogP contribution >= 0.6 is 11.6 Å². The number of methoxy groups -OCH3 is 2. The molecule has 0 spiro atoms. The van der Waals surface area contributed by atoms with Crippen molar-refractivity contribution in [2.45, 2.75) is 19.8 Å². The number of halogens is 1. The van der Waals surface area contributed by atoms with Crippen LogP contribution in [-0.2, 0) is 4.74 Å². The molecule has 0 bridgehead atoms. The van der Waals surface area contributed by atoms with Crippen LogP contribution in [0.15, 0.2) is 12.1 Å². The highest BCUT2D eigenvalue weighted by Gasteiger charge is 2.20. The van der Waals surface area contributed by atoms with Gasteiger partial charge in [-0.2, -0.15) is 0 Å². The highest BCUT2D eigenvalue weighted by Crippen LogP contribution is 2.29. The standard InChI is InChI=1S/C15H23ClN2O3/c1-4-5-6-18(7-8-20-2)15(19)11-9-12(16)13(17)10-14(11)21-3/h9-10H,4-8,17H2,1-3H3. The predicted molar refractivity (Wildman–Crippen MR) is 85.1 cm³/mol. The lowest BCUT2D eigenvalue weighted by molar-refractivity contribution is 0.0689. The highest BCUT2D eigenvalue weighted by atomic mass is 35.5. The lowest BCUT2D eigenvalue weighted by Crippen LogP contribution is -2.35. The minimum absolute atomic E-state index is 0.126. The van der Waals surface area contributed by atoms with Crippen molar-refractivity contribution in [3.63, 3.8) is 0 Å². The van der Waals surface area contributed by atoms with E-state index in [4.69, 9.17) is 26.8 Å². The van der Waals surface area contributed by atoms with Crippen molar-refractivity contribution in [1.29, 1.82) is 0 Å². The van der Waals surface area contributed by atoms with Gasteiger partial charge in [0.25, 0.3) is 5.91 Å². The van der Waals surface area contributed by atoms with E-state index in [1.54, 1.807) is 24.1 Å². The van der Waals surface area contributed by atoms with E-state index < -0.39 is 0 Å². The number of hydrogen-bond acceptors (Lipinski definition) is 4. The smallest absolute Gasteiger partial charge is 0.257 e. The number of unbranched alkanes of at least 4 members (excludes halogenated alkanes) is 1. The molecule has 2 N–H and O–H groups in total. The quantitative estimate of drug-likeness (QED) is 0.749. The summed E-state index contributed by atoms with van der Waals surface area (Å²) in [6.07, 6.45) is 1.94. The largest absolute Gasteiger partial charge is 0.496 e. The molecule has 0 fully saturated rings. The summed E-state index contributed by atoms with van der Waals surface area (Å²) in [5.41, 5.74) is 6.56. The third kappa shape index (κ3) is 4.79. The van der Waals surface area contributed by atoms with Crippen LogP contribution in [0.4, 0.5) is 5.69 Å². The van der Waals surface area contributed by atoms with Crippen LogP contribution < -0.4 is 10.5 Å². The van der Waals surface area contributed by atoms with Crippen molar-refractivity contribution in [3.05, 3.63) is 22.7 Å². The van der Waals surface area contributed by atoms with Crippen LogP contribution in [0.25, 0.3) is 0 Å². The summed E-state index contributed by atoms with van der Waals surface area (Å²) in [5.74, 6) is 0.306. The van der Waals surface area contributed by atoms with Gasteiger partial charge in [-0.3, -0.25) is 4.79 Å². The molecular formula is C15H23ClN2O3. The first-order valence-corrected chi connectivity index (χ1v) is 7.34. The summed E-state index contributed by atoms with van der Waals surface area (Å²) in [6.45, 7) is 3.77. The fraction of sp³-hybridized carbons (Fsp3) is 0.533. The number of ether oxygens (including phenoxy) is 2. The van der Waals surface area contributed by atoms with E-state index >= 15 is 0 Å². The second-order valence-electron chi connectivity index (χ2n) is 4.71. The van der Waals surface area contributed by atoms with Crippen molar-refractivity contribution >= 4 is 23.2 Å². The molecule has 0 aromatic heterocycles. The van der Waals surface area contributed by atoms with Gasteiger partial charge in [-0.15, -0.1) is 0 Å². The van der Waals surface area contributed by atoms with Crippen LogP contribution in [0.2, 0.25) is 5.02 Å². The number of hydrogen-bond donors (Lipinski definition) is 1. The molecule has 118 valence electrons. The molecule has 5 nitrogen and oxygen atoms in total. The van der Waals surface area contributed by atoms with Gasteiger partial charge in [-0.05, 0) is 12.5 Å². The van der Waals surface area contributed by atoms with Crippen LogP contribution in [-0.4, -0.2) is 44.7 Å². The molecule has 6 heteroatoms. The average molecular weight is 315 g/mol. The molecule has 1 aromatic rings. The van der Waals surface area contributed by atoms with Gasteiger partial charge in [-0.25, -0.2) is 0 Å². The third-order valence-corrected chi connectivity index (χ3v) is 3.51. The Kier molecular flexibility index (Phi) is 7.32. The molecule has 0 saturated heterocycles. The molecule has 0 radical (unpaired) electrons. The van der Waals surface area contributed by atoms with Gasteiger partial charge in [0.2, 0.25) is 0 Å². The Labute approximate surface area is 131 Å². The Bertz CT molecular complexity index is 472. The van der Waals surface area contributed by atoms with Gasteiger partial charge in [0.05, 0.1) is 30.0 Å². The van der Waals surface area contributed by atoms with E-state index in [0.717, 1.165) is 12.8 Å². The minimum atomic E-state index is -0.126. The molecule has 0 saturated carbocycles. The molecule has 1 amide bonds. The van der Waals surface area contributed by atoms with Gasteiger partial charge in [0.1, 0.15) is 5.75 Å². The molecule has 0 atom stereocenters. The van der Waals surface area contributed by atoms with Gasteiger partial charge in [-0.1, -0.05) is 24.9 Å². The monoisotopic (exact) mass is 314 g/mol. The maximum atomic E-state index is 12.7. The first kappa shape index (κ1) is 17.6. The number of rotatable bonds is 8. The lowest BCUT2D eigenvalue weighted by atomic mass is 10.1. The van der Waals surface area contributed by atoms with Crippen LogP contribution in [0.1, 0.15) is 30.1 Å². The average Bonchev–Trinajstić information content (AvgIpc) is 2.49. The summed E-state index contributed by atoms with van der Waals surface area (Å²) in [5, 5.41) is 0.348. The maximum Gasteiger partial charge on any atom is 0.257 e. The Morgan fingerprint density at radius 3 is 2.62 bits per heavy atom. The van der Waals surface area contributed by atoms with E-state index in [2.05, 4.69) is 6.92 Å². The van der Waals surface area contributed by atoms with Crippen molar-refractivity contribution in [2.75, 3.05) is 39.6 Å². The number of benzene rings is 1. The van der Waals surface area contributed by atoms with E-state index in [-0.39, 0.29) is 5.91 Å². The zero-order valence-corrected chi connectivity index (χ0v) is 13.6. The number of nitrogen functional groups attached to an aromatic ring is 1. The first-order chi connectivity index (χ1) is 10.0. The second kappa shape index (κ2) is 8.74. The van der Waals surface area contributed by atoms with Crippen LogP contribution in [0.3, 0.4) is 0 Å². The zero-order chi connectivity index (χ0) is 15.8. The number of carbonyl (C=O) groups excluding carboxylic acids is 1. The first-order valence-electron chi connectivity index (χ1n) is 6.96. The predicted octanol–water partition coefficient (Wildman–Crippen LogP) is 2.82. The van der Waals surface area contributed by atoms with Crippen molar-refractivity contribution in [2.24, 2.45) is 0 Å². The Balaban J connectivity index is 3.03. The molecule has 0 heterocycles. The van der Waals surface area contributed by atoms with Crippen LogP contribution in [0.5, 0.6) is 5.75 Å². The van der Waals surface area contributed by atoms with Crippen molar-refractivity contribution in [3.8, 4) is 5.75 Å². The molecule has 0 unspecified atom stereocenters. The number of carbonyl (C=O) groups is 1. The number of nitrogens with zero attached hydrogens (tertiary/aromatic N) is 1. The maximum absolute atomic E-state index is 12.7. The summed E-state index contributed by atoms with van der Waals surface area (Å²) in [4.78, 5) is 14.4. The minimum Gasteiger partial charge on any atom is -0.496 e. The summed E-state index contributed by atoms with van der Waals surface area (Å²) in [7, 11) is 3.12. The summed E-state index contributed by atoms with van der Waals surface area (Å²) in [6, 6.07) is 3.13. The fourth-order valence-electron chi connectivity index (χ4n) is 1.94. The van der Waals surface area contributed by atoms with Crippen molar-refractivity contribution < 1.29 is 14.3 Å². The molecule has 1 aromatic carbocycles. The molecule has 0 aliphatic rings. The Hall–Kier alpha value is -1.46. The van der Waals surface area contributed by atoms with Gasteiger partial charge in [0, 0.05) is 26.3 Å². The molecule has 21 heavy (non-hydrogen) atoms. The van der Waals surface area contributed by atoms with E-state index in [9.17, 15) is 4.79 Å². The molecule has 1 rings (SSSR count). The molecular weight excluding hydrogens is 292 g/mol. The topological polar surface area (TPSA) is 64.8 Å². The summed E-state index contributed by atoms with van der Waals surface area (Å²) >= 11 is 6.02.